The number of alkyl halides is 6. The number of benzene rings is 4. The molecule has 2 nitrogen and oxygen atoms in total. The Morgan fingerprint density at radius 1 is 0.512 bits per heavy atom. The number of hydrogen-bond donors (Lipinski definition) is 2. The van der Waals surface area contributed by atoms with E-state index in [1.54, 1.807) is 60.7 Å². The van der Waals surface area contributed by atoms with Crippen LogP contribution in [0.1, 0.15) is 36.1 Å². The van der Waals surface area contributed by atoms with Gasteiger partial charge >= 0.3 is 12.4 Å². The van der Waals surface area contributed by atoms with Crippen molar-refractivity contribution in [2.24, 2.45) is 0 Å². The minimum atomic E-state index is -6.02. The van der Waals surface area contributed by atoms with Gasteiger partial charge in [0.15, 0.2) is 0 Å². The van der Waals surface area contributed by atoms with Crippen molar-refractivity contribution in [3.63, 3.8) is 0 Å². The molecule has 0 aliphatic rings. The standard InChI is InChI=1S/C33H26F6O2/c1-3-11-25-23(21-13-7-5-8-14-21)17-19-27(29(25)40)31(32(34,35)36,33(37,38)39)28-20-18-24(22-15-9-6-10-16-22)26(12-4-2)30(28)41/h3-20,40-41H,1-2H3. The predicted molar refractivity (Wildman–Crippen MR) is 149 cm³/mol. The van der Waals surface area contributed by atoms with E-state index in [2.05, 4.69) is 0 Å². The molecule has 212 valence electrons. The maximum Gasteiger partial charge on any atom is 0.411 e. The first-order valence-electron chi connectivity index (χ1n) is 12.6. The Morgan fingerprint density at radius 3 is 1.15 bits per heavy atom. The van der Waals surface area contributed by atoms with E-state index >= 15 is 26.3 Å². The minimum absolute atomic E-state index is 0.219. The summed E-state index contributed by atoms with van der Waals surface area (Å²) in [5.41, 5.74) is -6.66. The van der Waals surface area contributed by atoms with Gasteiger partial charge < -0.3 is 10.2 Å². The van der Waals surface area contributed by atoms with Gasteiger partial charge in [0.05, 0.1) is 0 Å². The SMILES string of the molecule is CC=Cc1c(-c2ccccc2)ccc(C(c2ccc(-c3ccccc3)c(C=CC)c2O)(C(F)(F)F)C(F)(F)F)c1O. The van der Waals surface area contributed by atoms with Crippen LogP contribution in [0.4, 0.5) is 26.3 Å². The van der Waals surface area contributed by atoms with Crippen molar-refractivity contribution >= 4 is 12.2 Å². The van der Waals surface area contributed by atoms with Gasteiger partial charge in [0.25, 0.3) is 0 Å². The van der Waals surface area contributed by atoms with Crippen LogP contribution in [0.15, 0.2) is 97.1 Å². The molecule has 0 aliphatic heterocycles. The molecule has 41 heavy (non-hydrogen) atoms. The first kappa shape index (κ1) is 29.5. The summed E-state index contributed by atoms with van der Waals surface area (Å²) in [5, 5.41) is 22.5. The number of allylic oxidation sites excluding steroid dienone is 2. The van der Waals surface area contributed by atoms with Gasteiger partial charge in [-0.15, -0.1) is 0 Å². The molecule has 4 aromatic rings. The second kappa shape index (κ2) is 11.2. The highest BCUT2D eigenvalue weighted by atomic mass is 19.4. The number of phenolic OH excluding ortho intramolecular Hbond substituents is 2. The van der Waals surface area contributed by atoms with E-state index in [1.807, 2.05) is 0 Å². The molecule has 2 N–H and O–H groups in total. The lowest BCUT2D eigenvalue weighted by Crippen LogP contribution is -2.55. The van der Waals surface area contributed by atoms with Crippen molar-refractivity contribution in [2.75, 3.05) is 0 Å². The number of aromatic hydroxyl groups is 2. The van der Waals surface area contributed by atoms with Crippen molar-refractivity contribution in [3.05, 3.63) is 119 Å². The fourth-order valence-corrected chi connectivity index (χ4v) is 5.15. The third kappa shape index (κ3) is 4.99. The Hall–Kier alpha value is -4.46. The number of hydrogen-bond acceptors (Lipinski definition) is 2. The van der Waals surface area contributed by atoms with Gasteiger partial charge in [-0.25, -0.2) is 0 Å². The van der Waals surface area contributed by atoms with E-state index in [1.165, 1.54) is 38.2 Å². The summed E-state index contributed by atoms with van der Waals surface area (Å²) in [6.07, 6.45) is -6.73. The van der Waals surface area contributed by atoms with Crippen LogP contribution in [0, 0.1) is 0 Å². The molecule has 0 saturated heterocycles. The smallest absolute Gasteiger partial charge is 0.411 e. The Balaban J connectivity index is 2.15. The zero-order valence-corrected chi connectivity index (χ0v) is 22.1. The Kier molecular flexibility index (Phi) is 8.06. The maximum absolute atomic E-state index is 15.1. The summed E-state index contributed by atoms with van der Waals surface area (Å²) in [7, 11) is 0. The van der Waals surface area contributed by atoms with Crippen LogP contribution in [-0.2, 0) is 5.41 Å². The average Bonchev–Trinajstić information content (AvgIpc) is 2.92. The molecule has 0 aliphatic carbocycles. The molecular weight excluding hydrogens is 542 g/mol. The average molecular weight is 569 g/mol. The molecule has 0 amide bonds. The number of halogens is 6. The van der Waals surface area contributed by atoms with Crippen molar-refractivity contribution in [1.29, 1.82) is 0 Å². The predicted octanol–water partition coefficient (Wildman–Crippen LogP) is 9.91. The quantitative estimate of drug-likeness (QED) is 0.227. The fraction of sp³-hybridized carbons (Fsp3) is 0.152. The third-order valence-electron chi connectivity index (χ3n) is 6.93. The molecule has 0 spiro atoms. The summed E-state index contributed by atoms with van der Waals surface area (Å²) >= 11 is 0. The van der Waals surface area contributed by atoms with Crippen LogP contribution in [0.2, 0.25) is 0 Å². The van der Waals surface area contributed by atoms with Gasteiger partial charge in [0.2, 0.25) is 5.41 Å². The second-order valence-electron chi connectivity index (χ2n) is 9.32. The normalized spacial score (nSPS) is 12.9. The fourth-order valence-electron chi connectivity index (χ4n) is 5.15. The van der Waals surface area contributed by atoms with Gasteiger partial charge in [-0.05, 0) is 36.1 Å². The number of rotatable bonds is 6. The molecule has 0 atom stereocenters. The topological polar surface area (TPSA) is 40.5 Å². The lowest BCUT2D eigenvalue weighted by molar-refractivity contribution is -0.289. The van der Waals surface area contributed by atoms with Gasteiger partial charge in [-0.1, -0.05) is 109 Å². The largest absolute Gasteiger partial charge is 0.507 e. The van der Waals surface area contributed by atoms with E-state index in [-0.39, 0.29) is 22.3 Å². The van der Waals surface area contributed by atoms with Gasteiger partial charge in [-0.2, -0.15) is 26.3 Å². The van der Waals surface area contributed by atoms with Crippen LogP contribution in [0.3, 0.4) is 0 Å². The third-order valence-corrected chi connectivity index (χ3v) is 6.93. The Labute approximate surface area is 233 Å². The van der Waals surface area contributed by atoms with Crippen LogP contribution in [-0.4, -0.2) is 22.6 Å². The van der Waals surface area contributed by atoms with Crippen LogP contribution in [0.5, 0.6) is 11.5 Å². The van der Waals surface area contributed by atoms with Gasteiger partial charge in [-0.3, -0.25) is 0 Å². The first-order chi connectivity index (χ1) is 19.4. The molecule has 0 unspecified atom stereocenters. The second-order valence-corrected chi connectivity index (χ2v) is 9.32. The van der Waals surface area contributed by atoms with E-state index in [0.717, 1.165) is 12.1 Å². The van der Waals surface area contributed by atoms with Gasteiger partial charge in [0, 0.05) is 22.3 Å². The molecular formula is C33H26F6O2. The van der Waals surface area contributed by atoms with Crippen molar-refractivity contribution < 1.29 is 36.6 Å². The molecule has 0 radical (unpaired) electrons. The summed E-state index contributed by atoms with van der Waals surface area (Å²) in [4.78, 5) is 0. The van der Waals surface area contributed by atoms with E-state index in [4.69, 9.17) is 0 Å². The Bertz CT molecular complexity index is 1460. The van der Waals surface area contributed by atoms with Crippen molar-refractivity contribution in [2.45, 2.75) is 31.6 Å². The van der Waals surface area contributed by atoms with Gasteiger partial charge in [0.1, 0.15) is 11.5 Å². The molecule has 4 rings (SSSR count). The van der Waals surface area contributed by atoms with E-state index < -0.39 is 40.4 Å². The van der Waals surface area contributed by atoms with Crippen molar-refractivity contribution in [1.82, 2.24) is 0 Å². The minimum Gasteiger partial charge on any atom is -0.507 e. The summed E-state index contributed by atoms with van der Waals surface area (Å²) in [5.74, 6) is -2.39. The lowest BCUT2D eigenvalue weighted by Gasteiger charge is -2.39. The first-order valence-corrected chi connectivity index (χ1v) is 12.6. The molecule has 0 heterocycles. The molecule has 0 saturated carbocycles. The summed E-state index contributed by atoms with van der Waals surface area (Å²) in [6, 6.07) is 20.0. The molecule has 0 aromatic heterocycles. The van der Waals surface area contributed by atoms with Crippen molar-refractivity contribution in [3.8, 4) is 33.8 Å². The van der Waals surface area contributed by atoms with Crippen LogP contribution >= 0.6 is 0 Å². The Morgan fingerprint density at radius 2 is 0.854 bits per heavy atom. The van der Waals surface area contributed by atoms with Crippen LogP contribution in [0.25, 0.3) is 34.4 Å². The zero-order valence-electron chi connectivity index (χ0n) is 22.1. The van der Waals surface area contributed by atoms with E-state index in [0.29, 0.717) is 23.3 Å². The zero-order chi connectivity index (χ0) is 30.0. The molecule has 8 heteroatoms. The van der Waals surface area contributed by atoms with E-state index in [9.17, 15) is 10.2 Å². The molecule has 0 bridgehead atoms. The molecule has 4 aromatic carbocycles. The highest BCUT2D eigenvalue weighted by Crippen LogP contribution is 2.61. The highest BCUT2D eigenvalue weighted by molar-refractivity contribution is 5.83. The summed E-state index contributed by atoms with van der Waals surface area (Å²) < 4.78 is 90.6. The monoisotopic (exact) mass is 568 g/mol. The lowest BCUT2D eigenvalue weighted by atomic mass is 9.70. The number of phenols is 2. The maximum atomic E-state index is 15.1. The van der Waals surface area contributed by atoms with Crippen LogP contribution < -0.4 is 0 Å². The molecule has 0 fully saturated rings. The highest BCUT2D eigenvalue weighted by Gasteiger charge is 2.74. The summed E-state index contributed by atoms with van der Waals surface area (Å²) in [6.45, 7) is 3.05.